The summed E-state index contributed by atoms with van der Waals surface area (Å²) in [5, 5.41) is 3.75. The second-order valence-corrected chi connectivity index (χ2v) is 9.88. The monoisotopic (exact) mass is 514 g/mol. The highest BCUT2D eigenvalue weighted by Gasteiger charge is 2.29. The second-order valence-electron chi connectivity index (χ2n) is 9.44. The van der Waals surface area contributed by atoms with Crippen molar-refractivity contribution in [3.05, 3.63) is 106 Å². The van der Waals surface area contributed by atoms with Gasteiger partial charge in [-0.15, -0.1) is 0 Å². The van der Waals surface area contributed by atoms with Crippen LogP contribution in [-0.2, 0) is 19.3 Å². The minimum absolute atomic E-state index is 0.151. The Morgan fingerprint density at radius 2 is 1.95 bits per heavy atom. The zero-order chi connectivity index (χ0) is 25.6. The molecule has 3 heterocycles. The van der Waals surface area contributed by atoms with E-state index in [4.69, 9.17) is 16.6 Å². The standard InChI is InChI=1S/C29H31ClN6O/c1-20-5-2-3-6-21(20)10-13-26-25(28(37)32-15-14-24-17-31-19-34-24)18-33-29(35-26)36-16-4-7-27(36)22-8-11-23(30)12-9-22/h2-3,5-6,8-9,11-12,17-19,27H,4,7,10,13-16H2,1H3,(H,31,34)(H,32,37)/t27-/m0/s1. The van der Waals surface area contributed by atoms with Gasteiger partial charge in [-0.2, -0.15) is 0 Å². The minimum Gasteiger partial charge on any atom is -0.352 e. The van der Waals surface area contributed by atoms with E-state index in [0.29, 0.717) is 30.9 Å². The largest absolute Gasteiger partial charge is 0.352 e. The normalized spacial score (nSPS) is 15.2. The molecule has 7 nitrogen and oxygen atoms in total. The van der Waals surface area contributed by atoms with E-state index in [1.165, 1.54) is 16.7 Å². The third-order valence-corrected chi connectivity index (χ3v) is 7.24. The Bertz CT molecular complexity index is 1340. The number of hydrogen-bond acceptors (Lipinski definition) is 5. The van der Waals surface area contributed by atoms with Crippen molar-refractivity contribution in [3.8, 4) is 0 Å². The molecule has 1 amide bonds. The molecule has 2 aromatic carbocycles. The zero-order valence-electron chi connectivity index (χ0n) is 21.0. The first-order valence-electron chi connectivity index (χ1n) is 12.8. The quantitative estimate of drug-likeness (QED) is 0.318. The Labute approximate surface area is 222 Å². The number of rotatable bonds is 9. The first-order valence-corrected chi connectivity index (χ1v) is 13.1. The molecule has 0 aliphatic carbocycles. The fourth-order valence-electron chi connectivity index (χ4n) is 4.93. The summed E-state index contributed by atoms with van der Waals surface area (Å²) in [6.07, 6.45) is 9.33. The van der Waals surface area contributed by atoms with Gasteiger partial charge in [-0.3, -0.25) is 4.79 Å². The van der Waals surface area contributed by atoms with Gasteiger partial charge in [0.1, 0.15) is 0 Å². The van der Waals surface area contributed by atoms with Crippen LogP contribution in [0.4, 0.5) is 5.95 Å². The number of hydrogen-bond donors (Lipinski definition) is 2. The van der Waals surface area contributed by atoms with Crippen molar-refractivity contribution in [2.75, 3.05) is 18.0 Å². The highest BCUT2D eigenvalue weighted by molar-refractivity contribution is 6.30. The molecular formula is C29H31ClN6O. The van der Waals surface area contributed by atoms with E-state index in [2.05, 4.69) is 62.4 Å². The first kappa shape index (κ1) is 25.0. The Kier molecular flexibility index (Phi) is 7.80. The lowest BCUT2D eigenvalue weighted by Gasteiger charge is -2.26. The first-order chi connectivity index (χ1) is 18.1. The van der Waals surface area contributed by atoms with Gasteiger partial charge in [0.15, 0.2) is 0 Å². The summed E-state index contributed by atoms with van der Waals surface area (Å²) < 4.78 is 0. The molecule has 190 valence electrons. The number of anilines is 1. The van der Waals surface area contributed by atoms with Crippen molar-refractivity contribution in [2.24, 2.45) is 0 Å². The number of imidazole rings is 1. The van der Waals surface area contributed by atoms with Crippen LogP contribution in [0.15, 0.2) is 67.3 Å². The highest BCUT2D eigenvalue weighted by atomic mass is 35.5. The number of halogens is 1. The van der Waals surface area contributed by atoms with E-state index in [1.54, 1.807) is 18.7 Å². The topological polar surface area (TPSA) is 86.8 Å². The number of carbonyl (C=O) groups is 1. The molecule has 2 N–H and O–H groups in total. The van der Waals surface area contributed by atoms with Crippen LogP contribution < -0.4 is 10.2 Å². The SMILES string of the molecule is Cc1ccccc1CCc1nc(N2CCC[C@H]2c2ccc(Cl)cc2)ncc1C(=O)NCCc1cnc[nH]1. The third kappa shape index (κ3) is 6.00. The fraction of sp³-hybridized carbons (Fsp3) is 0.310. The van der Waals surface area contributed by atoms with Crippen molar-refractivity contribution in [1.29, 1.82) is 0 Å². The van der Waals surface area contributed by atoms with Crippen LogP contribution in [0, 0.1) is 6.92 Å². The maximum atomic E-state index is 13.2. The Morgan fingerprint density at radius 3 is 2.73 bits per heavy atom. The Morgan fingerprint density at radius 1 is 1.11 bits per heavy atom. The lowest BCUT2D eigenvalue weighted by Crippen LogP contribution is -2.29. The van der Waals surface area contributed by atoms with Crippen LogP contribution in [0.1, 0.15) is 57.3 Å². The van der Waals surface area contributed by atoms with Crippen molar-refractivity contribution in [2.45, 2.75) is 45.1 Å². The molecule has 8 heteroatoms. The van der Waals surface area contributed by atoms with E-state index < -0.39 is 0 Å². The van der Waals surface area contributed by atoms with Crippen LogP contribution in [0.3, 0.4) is 0 Å². The Hall–Kier alpha value is -3.71. The highest BCUT2D eigenvalue weighted by Crippen LogP contribution is 2.35. The number of H-pyrrole nitrogens is 1. The van der Waals surface area contributed by atoms with Gasteiger partial charge in [-0.1, -0.05) is 48.0 Å². The average molecular weight is 515 g/mol. The lowest BCUT2D eigenvalue weighted by molar-refractivity contribution is 0.0952. The van der Waals surface area contributed by atoms with Gasteiger partial charge in [-0.05, 0) is 61.4 Å². The summed E-state index contributed by atoms with van der Waals surface area (Å²) in [5.41, 5.74) is 5.98. The maximum absolute atomic E-state index is 13.2. The lowest BCUT2D eigenvalue weighted by atomic mass is 10.0. The van der Waals surface area contributed by atoms with Gasteiger partial charge in [0.25, 0.3) is 5.91 Å². The molecule has 2 aromatic heterocycles. The number of carbonyl (C=O) groups excluding carboxylic acids is 1. The third-order valence-electron chi connectivity index (χ3n) is 6.99. The molecule has 1 aliphatic heterocycles. The second kappa shape index (κ2) is 11.6. The van der Waals surface area contributed by atoms with Crippen molar-refractivity contribution >= 4 is 23.5 Å². The number of aromatic nitrogens is 4. The van der Waals surface area contributed by atoms with Crippen molar-refractivity contribution < 1.29 is 4.79 Å². The Balaban J connectivity index is 1.39. The van der Waals surface area contributed by atoms with E-state index in [1.807, 2.05) is 18.2 Å². The number of benzene rings is 2. The summed E-state index contributed by atoms with van der Waals surface area (Å²) in [6, 6.07) is 16.6. The molecule has 4 aromatic rings. The predicted molar refractivity (Wildman–Crippen MR) is 146 cm³/mol. The molecular weight excluding hydrogens is 484 g/mol. The summed E-state index contributed by atoms with van der Waals surface area (Å²) in [6.45, 7) is 3.50. The average Bonchev–Trinajstić information content (AvgIpc) is 3.61. The van der Waals surface area contributed by atoms with E-state index in [9.17, 15) is 4.79 Å². The van der Waals surface area contributed by atoms with E-state index in [-0.39, 0.29) is 11.9 Å². The van der Waals surface area contributed by atoms with Crippen LogP contribution in [0.2, 0.25) is 5.02 Å². The van der Waals surface area contributed by atoms with Crippen molar-refractivity contribution in [1.82, 2.24) is 25.3 Å². The van der Waals surface area contributed by atoms with Crippen LogP contribution in [0.5, 0.6) is 0 Å². The number of aromatic amines is 1. The van der Waals surface area contributed by atoms with Gasteiger partial charge >= 0.3 is 0 Å². The maximum Gasteiger partial charge on any atom is 0.254 e. The predicted octanol–water partition coefficient (Wildman–Crippen LogP) is 5.26. The molecule has 0 radical (unpaired) electrons. The van der Waals surface area contributed by atoms with Gasteiger partial charge < -0.3 is 15.2 Å². The van der Waals surface area contributed by atoms with Crippen LogP contribution >= 0.6 is 11.6 Å². The van der Waals surface area contributed by atoms with Gasteiger partial charge in [0, 0.05) is 42.6 Å². The van der Waals surface area contributed by atoms with Crippen molar-refractivity contribution in [3.63, 3.8) is 0 Å². The number of aryl methyl sites for hydroxylation is 3. The van der Waals surface area contributed by atoms with Crippen LogP contribution in [0.25, 0.3) is 0 Å². The number of amides is 1. The number of nitrogens with zero attached hydrogens (tertiary/aromatic N) is 4. The fourth-order valence-corrected chi connectivity index (χ4v) is 5.06. The molecule has 1 aliphatic rings. The number of nitrogens with one attached hydrogen (secondary N) is 2. The summed E-state index contributed by atoms with van der Waals surface area (Å²) in [5.74, 6) is 0.521. The van der Waals surface area contributed by atoms with E-state index >= 15 is 0 Å². The molecule has 1 saturated heterocycles. The zero-order valence-corrected chi connectivity index (χ0v) is 21.7. The van der Waals surface area contributed by atoms with E-state index in [0.717, 1.165) is 42.2 Å². The molecule has 0 spiro atoms. The van der Waals surface area contributed by atoms with Gasteiger partial charge in [0.05, 0.1) is 23.6 Å². The smallest absolute Gasteiger partial charge is 0.254 e. The molecule has 1 atom stereocenters. The molecule has 0 bridgehead atoms. The minimum atomic E-state index is -0.151. The molecule has 0 saturated carbocycles. The van der Waals surface area contributed by atoms with Crippen LogP contribution in [-0.4, -0.2) is 38.9 Å². The molecule has 0 unspecified atom stereocenters. The summed E-state index contributed by atoms with van der Waals surface area (Å²) in [4.78, 5) is 32.2. The van der Waals surface area contributed by atoms with Gasteiger partial charge in [-0.25, -0.2) is 15.0 Å². The molecule has 1 fully saturated rings. The van der Waals surface area contributed by atoms with Gasteiger partial charge in [0.2, 0.25) is 5.95 Å². The summed E-state index contributed by atoms with van der Waals surface area (Å²) >= 11 is 6.12. The summed E-state index contributed by atoms with van der Waals surface area (Å²) in [7, 11) is 0. The molecule has 5 rings (SSSR count). The molecule has 37 heavy (non-hydrogen) atoms.